The molecular formula is C13H24N2O2. The molecular weight excluding hydrogens is 216 g/mol. The van der Waals surface area contributed by atoms with Gasteiger partial charge in [0.05, 0.1) is 0 Å². The third kappa shape index (κ3) is 3.96. The van der Waals surface area contributed by atoms with Crippen LogP contribution in [-0.2, 0) is 9.53 Å². The van der Waals surface area contributed by atoms with Crippen molar-refractivity contribution in [3.8, 4) is 0 Å². The molecule has 1 heterocycles. The fourth-order valence-corrected chi connectivity index (χ4v) is 3.09. The molecule has 0 aromatic heterocycles. The van der Waals surface area contributed by atoms with E-state index in [4.69, 9.17) is 10.5 Å². The Morgan fingerprint density at radius 1 is 1.24 bits per heavy atom. The van der Waals surface area contributed by atoms with Crippen molar-refractivity contribution in [2.45, 2.75) is 57.0 Å². The first-order chi connectivity index (χ1) is 8.25. The quantitative estimate of drug-likeness (QED) is 0.758. The van der Waals surface area contributed by atoms with Gasteiger partial charge in [-0.05, 0) is 31.6 Å². The van der Waals surface area contributed by atoms with Gasteiger partial charge in [-0.15, -0.1) is 0 Å². The van der Waals surface area contributed by atoms with Crippen molar-refractivity contribution in [1.29, 1.82) is 0 Å². The van der Waals surface area contributed by atoms with E-state index >= 15 is 0 Å². The largest absolute Gasteiger partial charge is 0.381 e. The SMILES string of the molecule is NC(=O)CC(NC1CCCC1)C1CCOCC1. The van der Waals surface area contributed by atoms with Gasteiger partial charge in [-0.25, -0.2) is 0 Å². The van der Waals surface area contributed by atoms with Crippen molar-refractivity contribution < 1.29 is 9.53 Å². The van der Waals surface area contributed by atoms with Crippen molar-refractivity contribution in [1.82, 2.24) is 5.32 Å². The average Bonchev–Trinajstić information content (AvgIpc) is 2.82. The summed E-state index contributed by atoms with van der Waals surface area (Å²) < 4.78 is 5.38. The van der Waals surface area contributed by atoms with Crippen molar-refractivity contribution >= 4 is 5.91 Å². The minimum Gasteiger partial charge on any atom is -0.381 e. The maximum Gasteiger partial charge on any atom is 0.218 e. The third-order valence-electron chi connectivity index (χ3n) is 4.06. The molecule has 2 rings (SSSR count). The summed E-state index contributed by atoms with van der Waals surface area (Å²) in [6.45, 7) is 1.65. The molecule has 1 unspecified atom stereocenters. The Bertz CT molecular complexity index is 246. The molecule has 1 aliphatic carbocycles. The number of nitrogens with two attached hydrogens (primary N) is 1. The summed E-state index contributed by atoms with van der Waals surface area (Å²) in [6, 6.07) is 0.863. The summed E-state index contributed by atoms with van der Waals surface area (Å²) in [7, 11) is 0. The molecule has 1 saturated carbocycles. The van der Waals surface area contributed by atoms with E-state index in [2.05, 4.69) is 5.32 Å². The van der Waals surface area contributed by atoms with E-state index in [-0.39, 0.29) is 11.9 Å². The van der Waals surface area contributed by atoms with Gasteiger partial charge in [0.1, 0.15) is 0 Å². The van der Waals surface area contributed by atoms with Crippen LogP contribution in [0.1, 0.15) is 44.9 Å². The highest BCUT2D eigenvalue weighted by molar-refractivity contribution is 5.74. The zero-order chi connectivity index (χ0) is 12.1. The number of carbonyl (C=O) groups excluding carboxylic acids is 1. The fourth-order valence-electron chi connectivity index (χ4n) is 3.09. The number of hydrogen-bond acceptors (Lipinski definition) is 3. The molecule has 0 aromatic carbocycles. The predicted molar refractivity (Wildman–Crippen MR) is 66.5 cm³/mol. The van der Waals surface area contributed by atoms with Gasteiger partial charge in [0.15, 0.2) is 0 Å². The molecule has 98 valence electrons. The van der Waals surface area contributed by atoms with Crippen LogP contribution >= 0.6 is 0 Å². The lowest BCUT2D eigenvalue weighted by Crippen LogP contribution is -2.45. The Balaban J connectivity index is 1.88. The van der Waals surface area contributed by atoms with E-state index in [9.17, 15) is 4.79 Å². The molecule has 17 heavy (non-hydrogen) atoms. The molecule has 0 spiro atoms. The Labute approximate surface area is 103 Å². The van der Waals surface area contributed by atoms with Crippen LogP contribution in [0.2, 0.25) is 0 Å². The van der Waals surface area contributed by atoms with Gasteiger partial charge < -0.3 is 15.8 Å². The molecule has 1 amide bonds. The number of rotatable bonds is 5. The zero-order valence-electron chi connectivity index (χ0n) is 10.5. The summed E-state index contributed by atoms with van der Waals surface area (Å²) in [6.07, 6.45) is 7.71. The molecule has 1 saturated heterocycles. The normalized spacial score (nSPS) is 24.9. The minimum absolute atomic E-state index is 0.188. The Morgan fingerprint density at radius 2 is 1.88 bits per heavy atom. The first kappa shape index (κ1) is 12.8. The molecule has 2 fully saturated rings. The average molecular weight is 240 g/mol. The van der Waals surface area contributed by atoms with E-state index < -0.39 is 0 Å². The van der Waals surface area contributed by atoms with Gasteiger partial charge in [0, 0.05) is 31.7 Å². The molecule has 1 atom stereocenters. The number of primary amides is 1. The highest BCUT2D eigenvalue weighted by Gasteiger charge is 2.28. The number of carbonyl (C=O) groups is 1. The molecule has 2 aliphatic rings. The topological polar surface area (TPSA) is 64.4 Å². The second kappa shape index (κ2) is 6.36. The predicted octanol–water partition coefficient (Wildman–Crippen LogP) is 1.19. The Morgan fingerprint density at radius 3 is 2.47 bits per heavy atom. The smallest absolute Gasteiger partial charge is 0.218 e. The van der Waals surface area contributed by atoms with Crippen molar-refractivity contribution in [2.75, 3.05) is 13.2 Å². The summed E-state index contributed by atoms with van der Waals surface area (Å²) in [5.41, 5.74) is 5.36. The standard InChI is InChI=1S/C13H24N2O2/c14-13(16)9-12(10-5-7-17-8-6-10)15-11-3-1-2-4-11/h10-12,15H,1-9H2,(H2,14,16). The van der Waals surface area contributed by atoms with Crippen LogP contribution < -0.4 is 11.1 Å². The van der Waals surface area contributed by atoms with E-state index in [0.29, 0.717) is 18.4 Å². The third-order valence-corrected chi connectivity index (χ3v) is 4.06. The second-order valence-electron chi connectivity index (χ2n) is 5.37. The summed E-state index contributed by atoms with van der Waals surface area (Å²) in [5.74, 6) is 0.365. The van der Waals surface area contributed by atoms with E-state index in [1.165, 1.54) is 25.7 Å². The van der Waals surface area contributed by atoms with Gasteiger partial charge in [-0.3, -0.25) is 4.79 Å². The van der Waals surface area contributed by atoms with E-state index in [1.807, 2.05) is 0 Å². The van der Waals surface area contributed by atoms with Gasteiger partial charge in [-0.1, -0.05) is 12.8 Å². The van der Waals surface area contributed by atoms with Gasteiger partial charge in [-0.2, -0.15) is 0 Å². The Kier molecular flexibility index (Phi) is 4.80. The number of hydrogen-bond donors (Lipinski definition) is 2. The van der Waals surface area contributed by atoms with Crippen molar-refractivity contribution in [3.05, 3.63) is 0 Å². The monoisotopic (exact) mass is 240 g/mol. The Hall–Kier alpha value is -0.610. The van der Waals surface area contributed by atoms with E-state index in [1.54, 1.807) is 0 Å². The lowest BCUT2D eigenvalue weighted by Gasteiger charge is -2.32. The van der Waals surface area contributed by atoms with E-state index in [0.717, 1.165) is 26.1 Å². The van der Waals surface area contributed by atoms with Gasteiger partial charge in [0.2, 0.25) is 5.91 Å². The molecule has 4 nitrogen and oxygen atoms in total. The van der Waals surface area contributed by atoms with Crippen LogP contribution in [0.5, 0.6) is 0 Å². The number of nitrogens with one attached hydrogen (secondary N) is 1. The van der Waals surface area contributed by atoms with Crippen molar-refractivity contribution in [3.63, 3.8) is 0 Å². The molecule has 0 aromatic rings. The van der Waals surface area contributed by atoms with Crippen LogP contribution in [0.3, 0.4) is 0 Å². The zero-order valence-corrected chi connectivity index (χ0v) is 10.5. The van der Waals surface area contributed by atoms with Gasteiger partial charge in [0.25, 0.3) is 0 Å². The number of amides is 1. The number of ether oxygens (including phenoxy) is 1. The first-order valence-corrected chi connectivity index (χ1v) is 6.88. The van der Waals surface area contributed by atoms with Crippen LogP contribution in [0.25, 0.3) is 0 Å². The van der Waals surface area contributed by atoms with Crippen LogP contribution in [0.15, 0.2) is 0 Å². The maximum atomic E-state index is 11.2. The van der Waals surface area contributed by atoms with Crippen molar-refractivity contribution in [2.24, 2.45) is 11.7 Å². The van der Waals surface area contributed by atoms with Crippen LogP contribution in [0, 0.1) is 5.92 Å². The summed E-state index contributed by atoms with van der Waals surface area (Å²) >= 11 is 0. The second-order valence-corrected chi connectivity index (χ2v) is 5.37. The molecule has 1 aliphatic heterocycles. The highest BCUT2D eigenvalue weighted by Crippen LogP contribution is 2.24. The fraction of sp³-hybridized carbons (Fsp3) is 0.923. The lowest BCUT2D eigenvalue weighted by atomic mass is 9.89. The minimum atomic E-state index is -0.188. The first-order valence-electron chi connectivity index (χ1n) is 6.88. The maximum absolute atomic E-state index is 11.2. The molecule has 3 N–H and O–H groups in total. The lowest BCUT2D eigenvalue weighted by molar-refractivity contribution is -0.119. The molecule has 0 bridgehead atoms. The highest BCUT2D eigenvalue weighted by atomic mass is 16.5. The summed E-state index contributed by atoms with van der Waals surface area (Å²) in [4.78, 5) is 11.2. The summed E-state index contributed by atoms with van der Waals surface area (Å²) in [5, 5.41) is 3.66. The molecule has 0 radical (unpaired) electrons. The molecule has 4 heteroatoms. The van der Waals surface area contributed by atoms with Crippen LogP contribution in [0.4, 0.5) is 0 Å². The van der Waals surface area contributed by atoms with Crippen LogP contribution in [-0.4, -0.2) is 31.2 Å². The van der Waals surface area contributed by atoms with Gasteiger partial charge >= 0.3 is 0 Å².